The van der Waals surface area contributed by atoms with Gasteiger partial charge in [0.15, 0.2) is 0 Å². The Morgan fingerprint density at radius 3 is 1.56 bits per heavy atom. The van der Waals surface area contributed by atoms with E-state index in [1.165, 1.54) is 0 Å². The van der Waals surface area contributed by atoms with E-state index in [-0.39, 0.29) is 19.5 Å². The third-order valence-electron chi connectivity index (χ3n) is 0. The van der Waals surface area contributed by atoms with Crippen molar-refractivity contribution in [1.82, 2.24) is 0 Å². The minimum atomic E-state index is -1.83. The first-order chi connectivity index (χ1) is 3.46. The first-order valence-electron chi connectivity index (χ1n) is 1.66. The average molecular weight is 189 g/mol. The minimum Gasteiger partial charge on any atom is -0.481 e. The van der Waals surface area contributed by atoms with E-state index in [1.54, 1.807) is 0 Å². The van der Waals surface area contributed by atoms with Crippen LogP contribution in [-0.2, 0) is 24.3 Å². The van der Waals surface area contributed by atoms with Gasteiger partial charge in [-0.3, -0.25) is 4.79 Å². The molecule has 0 aromatic rings. The number of hydrogen-bond donors (Lipinski definition) is 1. The van der Waals surface area contributed by atoms with Gasteiger partial charge in [-0.25, -0.2) is 0 Å². The molecular formula is C4H6F2O2Zn. The van der Waals surface area contributed by atoms with Crippen LogP contribution in [0.15, 0.2) is 12.7 Å². The van der Waals surface area contributed by atoms with Gasteiger partial charge >= 0.3 is 0 Å². The summed E-state index contributed by atoms with van der Waals surface area (Å²) in [5, 5.41) is 7.42. The van der Waals surface area contributed by atoms with Crippen LogP contribution < -0.4 is 0 Å². The van der Waals surface area contributed by atoms with Gasteiger partial charge in [-0.05, 0) is 6.58 Å². The fraction of sp³-hybridized carbons (Fsp3) is 0.250. The van der Waals surface area contributed by atoms with E-state index in [0.717, 1.165) is 6.92 Å². The van der Waals surface area contributed by atoms with Gasteiger partial charge in [0.25, 0.3) is 12.0 Å². The molecule has 0 aromatic carbocycles. The zero-order valence-corrected chi connectivity index (χ0v) is 7.99. The Morgan fingerprint density at radius 2 is 1.56 bits per heavy atom. The van der Waals surface area contributed by atoms with Crippen LogP contribution in [0.25, 0.3) is 0 Å². The largest absolute Gasteiger partial charge is 0.481 e. The maximum absolute atomic E-state index is 10.1. The van der Waals surface area contributed by atoms with Gasteiger partial charge in [-0.1, -0.05) is 0 Å². The second-order valence-electron chi connectivity index (χ2n) is 0.858. The van der Waals surface area contributed by atoms with Gasteiger partial charge in [0.1, 0.15) is 0 Å². The molecule has 0 atom stereocenters. The Morgan fingerprint density at radius 1 is 1.56 bits per heavy atom. The number of carbonyl (C=O) groups is 1. The molecule has 0 saturated heterocycles. The molecule has 0 bridgehead atoms. The average Bonchev–Trinajstić information content (AvgIpc) is 1.25. The summed E-state index contributed by atoms with van der Waals surface area (Å²) in [5.74, 6) is -0.833. The Balaban J connectivity index is -0.0000000720. The molecule has 0 aliphatic heterocycles. The molecule has 0 aromatic heterocycles. The van der Waals surface area contributed by atoms with Crippen LogP contribution in [0, 0.1) is 0 Å². The van der Waals surface area contributed by atoms with Crippen molar-refractivity contribution < 1.29 is 38.2 Å². The third kappa shape index (κ3) is 2650. The first kappa shape index (κ1) is 15.9. The summed E-state index contributed by atoms with van der Waals surface area (Å²) in [6.07, 6.45) is -1.83. The second kappa shape index (κ2) is 10.6. The third-order valence-corrected chi connectivity index (χ3v) is 0. The van der Waals surface area contributed by atoms with E-state index in [4.69, 9.17) is 9.90 Å². The minimum absolute atomic E-state index is 0. The molecule has 0 fully saturated rings. The van der Waals surface area contributed by atoms with E-state index < -0.39 is 12.0 Å². The van der Waals surface area contributed by atoms with Gasteiger partial charge in [0.05, 0.1) is 0 Å². The summed E-state index contributed by atoms with van der Waals surface area (Å²) in [6, 6.07) is 0. The molecule has 1 N–H and O–H groups in total. The molecule has 0 spiro atoms. The van der Waals surface area contributed by atoms with Crippen LogP contribution >= 0.6 is 0 Å². The van der Waals surface area contributed by atoms with E-state index in [0.29, 0.717) is 0 Å². The zero-order chi connectivity index (χ0) is 7.15. The molecule has 5 heteroatoms. The van der Waals surface area contributed by atoms with Gasteiger partial charge in [-0.2, -0.15) is 8.78 Å². The Kier molecular flexibility index (Phi) is 18.8. The van der Waals surface area contributed by atoms with Gasteiger partial charge in [-0.15, -0.1) is 0 Å². The molecule has 0 aliphatic carbocycles. The molecule has 0 saturated carbocycles. The number of halogens is 2. The molecule has 9 heavy (non-hydrogen) atoms. The predicted molar refractivity (Wildman–Crippen MR) is 24.7 cm³/mol. The second-order valence-corrected chi connectivity index (χ2v) is 0.858. The van der Waals surface area contributed by atoms with Crippen LogP contribution in [0.4, 0.5) is 8.78 Å². The number of hydrogen-bond acceptors (Lipinski definition) is 1. The zero-order valence-electron chi connectivity index (χ0n) is 5.03. The number of carboxylic acid groups (broad SMARTS) is 1. The van der Waals surface area contributed by atoms with Crippen LogP contribution in [-0.4, -0.2) is 11.1 Å². The van der Waals surface area contributed by atoms with Crippen molar-refractivity contribution in [2.45, 2.75) is 6.92 Å². The fourth-order valence-electron chi connectivity index (χ4n) is 0. The molecule has 0 amide bonds. The summed E-state index contributed by atoms with van der Waals surface area (Å²) >= 11 is 0. The summed E-state index contributed by atoms with van der Waals surface area (Å²) < 4.78 is 20.3. The number of rotatable bonds is 0. The van der Waals surface area contributed by atoms with E-state index in [2.05, 4.69) is 6.58 Å². The predicted octanol–water partition coefficient (Wildman–Crippen LogP) is 1.48. The number of carboxylic acids is 1. The molecule has 0 radical (unpaired) electrons. The number of aliphatic carboxylic acids is 1. The SMILES string of the molecule is C=C(F)F.CC(=O)O.[Zn]. The molecule has 0 unspecified atom stereocenters. The summed E-state index contributed by atoms with van der Waals surface area (Å²) in [6.45, 7) is 3.31. The van der Waals surface area contributed by atoms with E-state index in [9.17, 15) is 8.78 Å². The van der Waals surface area contributed by atoms with E-state index >= 15 is 0 Å². The quantitative estimate of drug-likeness (QED) is 0.586. The van der Waals surface area contributed by atoms with Crippen LogP contribution in [0.3, 0.4) is 0 Å². The van der Waals surface area contributed by atoms with Gasteiger partial charge in [0.2, 0.25) is 0 Å². The van der Waals surface area contributed by atoms with Crippen molar-refractivity contribution >= 4 is 5.97 Å². The van der Waals surface area contributed by atoms with Gasteiger partial charge < -0.3 is 5.11 Å². The van der Waals surface area contributed by atoms with Gasteiger partial charge in [0, 0.05) is 26.4 Å². The van der Waals surface area contributed by atoms with Crippen molar-refractivity contribution in [1.29, 1.82) is 0 Å². The van der Waals surface area contributed by atoms with Crippen LogP contribution in [0.5, 0.6) is 0 Å². The van der Waals surface area contributed by atoms with Crippen molar-refractivity contribution in [3.8, 4) is 0 Å². The Hall–Kier alpha value is -0.307. The first-order valence-corrected chi connectivity index (χ1v) is 1.66. The monoisotopic (exact) mass is 188 g/mol. The fourth-order valence-corrected chi connectivity index (χ4v) is 0. The Bertz CT molecular complexity index is 74.6. The maximum atomic E-state index is 10.1. The van der Waals surface area contributed by atoms with E-state index in [1.807, 2.05) is 0 Å². The molecule has 0 heterocycles. The Labute approximate surface area is 64.3 Å². The molecular weight excluding hydrogens is 183 g/mol. The smallest absolute Gasteiger partial charge is 0.300 e. The molecule has 2 nitrogen and oxygen atoms in total. The summed E-state index contributed by atoms with van der Waals surface area (Å²) in [4.78, 5) is 9.00. The normalized spacial score (nSPS) is 5.67. The molecule has 0 aliphatic rings. The summed E-state index contributed by atoms with van der Waals surface area (Å²) in [7, 11) is 0. The van der Waals surface area contributed by atoms with Crippen molar-refractivity contribution in [3.05, 3.63) is 12.7 Å². The topological polar surface area (TPSA) is 37.3 Å². The maximum Gasteiger partial charge on any atom is 0.300 e. The standard InChI is InChI=1S/C2H2F2.C2H4O2.Zn/c2*1-2(3)4;/h1H2;1H3,(H,3,4);. The molecule has 50 valence electrons. The van der Waals surface area contributed by atoms with Crippen LogP contribution in [0.1, 0.15) is 6.92 Å². The summed E-state index contributed by atoms with van der Waals surface area (Å²) in [5.41, 5.74) is 0. The van der Waals surface area contributed by atoms with Crippen LogP contribution in [0.2, 0.25) is 0 Å². The van der Waals surface area contributed by atoms with Crippen molar-refractivity contribution in [2.24, 2.45) is 0 Å². The van der Waals surface area contributed by atoms with Crippen molar-refractivity contribution in [3.63, 3.8) is 0 Å². The van der Waals surface area contributed by atoms with Crippen molar-refractivity contribution in [2.75, 3.05) is 0 Å². The molecule has 0 rings (SSSR count).